The molecule has 2 aromatic heterocycles. The van der Waals surface area contributed by atoms with Gasteiger partial charge in [-0.15, -0.1) is 35.3 Å². The van der Waals surface area contributed by atoms with E-state index in [0.717, 1.165) is 23.1 Å². The van der Waals surface area contributed by atoms with E-state index in [4.69, 9.17) is 4.42 Å². The molecule has 0 radical (unpaired) electrons. The molecule has 0 atom stereocenters. The first-order valence-electron chi connectivity index (χ1n) is 7.73. The van der Waals surface area contributed by atoms with E-state index >= 15 is 0 Å². The summed E-state index contributed by atoms with van der Waals surface area (Å²) in [5.41, 5.74) is 3.36. The number of benzene rings is 1. The molecule has 0 bridgehead atoms. The van der Waals surface area contributed by atoms with Crippen LogP contribution in [0.5, 0.6) is 0 Å². The Morgan fingerprint density at radius 2 is 1.96 bits per heavy atom. The number of halogens is 1. The Balaban J connectivity index is 0.00000225. The smallest absolute Gasteiger partial charge is 0.236 e. The van der Waals surface area contributed by atoms with Gasteiger partial charge in [0.1, 0.15) is 6.26 Å². The Hall–Kier alpha value is -1.87. The van der Waals surface area contributed by atoms with Crippen molar-refractivity contribution in [2.75, 3.05) is 7.05 Å². The zero-order chi connectivity index (χ0) is 16.8. The van der Waals surface area contributed by atoms with Crippen LogP contribution in [-0.2, 0) is 13.1 Å². The van der Waals surface area contributed by atoms with Gasteiger partial charge in [0.05, 0.1) is 17.1 Å². The summed E-state index contributed by atoms with van der Waals surface area (Å²) in [4.78, 5) is 9.76. The number of hydrogen-bond donors (Lipinski definition) is 2. The Morgan fingerprint density at radius 1 is 1.16 bits per heavy atom. The first-order chi connectivity index (χ1) is 11.8. The minimum Gasteiger partial charge on any atom is -0.443 e. The van der Waals surface area contributed by atoms with E-state index in [1.54, 1.807) is 24.6 Å². The lowest BCUT2D eigenvalue weighted by atomic mass is 10.1. The van der Waals surface area contributed by atoms with E-state index in [9.17, 15) is 0 Å². The molecule has 3 aromatic rings. The van der Waals surface area contributed by atoms with E-state index < -0.39 is 0 Å². The van der Waals surface area contributed by atoms with Gasteiger partial charge in [0.15, 0.2) is 5.96 Å². The fourth-order valence-corrected chi connectivity index (χ4v) is 2.94. The topological polar surface area (TPSA) is 62.5 Å². The van der Waals surface area contributed by atoms with Crippen LogP contribution in [0.4, 0.5) is 0 Å². The highest BCUT2D eigenvalue weighted by Gasteiger charge is 2.08. The molecule has 2 N–H and O–H groups in total. The van der Waals surface area contributed by atoms with Gasteiger partial charge in [0.2, 0.25) is 5.89 Å². The van der Waals surface area contributed by atoms with Gasteiger partial charge in [0, 0.05) is 13.6 Å². The molecule has 25 heavy (non-hydrogen) atoms. The van der Waals surface area contributed by atoms with Crippen LogP contribution in [-0.4, -0.2) is 18.0 Å². The Bertz CT molecular complexity index is 814. The first-order valence-corrected chi connectivity index (χ1v) is 8.61. The fourth-order valence-electron chi connectivity index (χ4n) is 2.28. The third-order valence-electron chi connectivity index (χ3n) is 3.65. The number of thiophene rings is 1. The van der Waals surface area contributed by atoms with Gasteiger partial charge in [-0.3, -0.25) is 4.99 Å². The van der Waals surface area contributed by atoms with Gasteiger partial charge in [0.25, 0.3) is 0 Å². The summed E-state index contributed by atoms with van der Waals surface area (Å²) in [6.45, 7) is 3.39. The van der Waals surface area contributed by atoms with Crippen molar-refractivity contribution in [2.45, 2.75) is 20.0 Å². The van der Waals surface area contributed by atoms with Crippen LogP contribution < -0.4 is 10.6 Å². The van der Waals surface area contributed by atoms with Crippen molar-refractivity contribution >= 4 is 41.3 Å². The molecule has 2 heterocycles. The third-order valence-corrected chi connectivity index (χ3v) is 4.51. The van der Waals surface area contributed by atoms with Crippen LogP contribution in [0.3, 0.4) is 0 Å². The molecule has 0 unspecified atom stereocenters. The van der Waals surface area contributed by atoms with E-state index in [1.165, 1.54) is 11.1 Å². The van der Waals surface area contributed by atoms with Crippen LogP contribution in [0.2, 0.25) is 0 Å². The number of nitrogens with zero attached hydrogens (tertiary/aromatic N) is 2. The lowest BCUT2D eigenvalue weighted by Crippen LogP contribution is -2.36. The van der Waals surface area contributed by atoms with E-state index in [2.05, 4.69) is 39.7 Å². The Morgan fingerprint density at radius 3 is 2.68 bits per heavy atom. The quantitative estimate of drug-likeness (QED) is 0.335. The predicted molar refractivity (Wildman–Crippen MR) is 113 cm³/mol. The standard InChI is InChI=1S/C18H20N4OS.HI/c1-13-6-3-4-7-14(13)10-20-18(19-2)21-11-15-12-23-17(22-15)16-8-5-9-24-16;/h3-9,12H,10-11H2,1-2H3,(H2,19,20,21);1H. The Labute approximate surface area is 168 Å². The second-order valence-electron chi connectivity index (χ2n) is 5.33. The minimum atomic E-state index is 0. The number of aromatic nitrogens is 1. The van der Waals surface area contributed by atoms with E-state index in [0.29, 0.717) is 12.4 Å². The predicted octanol–water partition coefficient (Wildman–Crippen LogP) is 4.19. The number of aliphatic imine (C=N–C) groups is 1. The summed E-state index contributed by atoms with van der Waals surface area (Å²) >= 11 is 1.61. The summed E-state index contributed by atoms with van der Waals surface area (Å²) < 4.78 is 5.52. The van der Waals surface area contributed by atoms with Crippen molar-refractivity contribution in [1.29, 1.82) is 0 Å². The highest BCUT2D eigenvalue weighted by molar-refractivity contribution is 14.0. The van der Waals surface area contributed by atoms with Gasteiger partial charge in [-0.1, -0.05) is 30.3 Å². The molecule has 0 aliphatic rings. The van der Waals surface area contributed by atoms with E-state index in [1.807, 2.05) is 29.6 Å². The molecule has 0 aliphatic heterocycles. The molecule has 0 saturated heterocycles. The molecule has 0 amide bonds. The third kappa shape index (κ3) is 5.30. The van der Waals surface area contributed by atoms with Gasteiger partial charge >= 0.3 is 0 Å². The van der Waals surface area contributed by atoms with Crippen molar-refractivity contribution in [1.82, 2.24) is 15.6 Å². The average Bonchev–Trinajstić information content (AvgIpc) is 3.27. The van der Waals surface area contributed by atoms with Crippen molar-refractivity contribution in [2.24, 2.45) is 4.99 Å². The van der Waals surface area contributed by atoms with Crippen molar-refractivity contribution in [3.8, 4) is 10.8 Å². The molecule has 132 valence electrons. The molecule has 5 nitrogen and oxygen atoms in total. The highest BCUT2D eigenvalue weighted by Crippen LogP contribution is 2.23. The van der Waals surface area contributed by atoms with Crippen LogP contribution in [0.1, 0.15) is 16.8 Å². The molecule has 7 heteroatoms. The summed E-state index contributed by atoms with van der Waals surface area (Å²) in [6, 6.07) is 12.3. The second kappa shape index (κ2) is 9.57. The number of oxazole rings is 1. The minimum absolute atomic E-state index is 0. The zero-order valence-corrected chi connectivity index (χ0v) is 17.3. The molecular formula is C18H21IN4OS. The summed E-state index contributed by atoms with van der Waals surface area (Å²) in [5.74, 6) is 1.39. The average molecular weight is 468 g/mol. The number of guanidine groups is 1. The molecule has 0 fully saturated rings. The van der Waals surface area contributed by atoms with Crippen LogP contribution in [0, 0.1) is 6.92 Å². The van der Waals surface area contributed by atoms with Gasteiger partial charge in [-0.25, -0.2) is 4.98 Å². The number of aryl methyl sites for hydroxylation is 1. The molecular weight excluding hydrogens is 447 g/mol. The van der Waals surface area contributed by atoms with Gasteiger partial charge < -0.3 is 15.1 Å². The van der Waals surface area contributed by atoms with Crippen molar-refractivity contribution in [3.63, 3.8) is 0 Å². The summed E-state index contributed by atoms with van der Waals surface area (Å²) in [5, 5.41) is 8.58. The van der Waals surface area contributed by atoms with E-state index in [-0.39, 0.29) is 24.0 Å². The largest absolute Gasteiger partial charge is 0.443 e. The maximum Gasteiger partial charge on any atom is 0.236 e. The molecule has 0 spiro atoms. The lowest BCUT2D eigenvalue weighted by molar-refractivity contribution is 0.573. The molecule has 1 aromatic carbocycles. The van der Waals surface area contributed by atoms with Crippen LogP contribution in [0.15, 0.2) is 57.5 Å². The monoisotopic (exact) mass is 468 g/mol. The van der Waals surface area contributed by atoms with Crippen molar-refractivity contribution in [3.05, 3.63) is 64.9 Å². The summed E-state index contributed by atoms with van der Waals surface area (Å²) in [7, 11) is 1.76. The number of nitrogens with one attached hydrogen (secondary N) is 2. The van der Waals surface area contributed by atoms with Crippen molar-refractivity contribution < 1.29 is 4.42 Å². The highest BCUT2D eigenvalue weighted by atomic mass is 127. The van der Waals surface area contributed by atoms with Crippen LogP contribution >= 0.6 is 35.3 Å². The first kappa shape index (κ1) is 19.5. The molecule has 0 saturated carbocycles. The van der Waals surface area contributed by atoms with Crippen LogP contribution in [0.25, 0.3) is 10.8 Å². The second-order valence-corrected chi connectivity index (χ2v) is 6.27. The number of rotatable bonds is 5. The maximum atomic E-state index is 5.52. The van der Waals surface area contributed by atoms with Gasteiger partial charge in [-0.05, 0) is 29.5 Å². The SMILES string of the molecule is CN=C(NCc1coc(-c2cccs2)n1)NCc1ccccc1C.I. The number of hydrogen-bond acceptors (Lipinski definition) is 4. The van der Waals surface area contributed by atoms with Gasteiger partial charge in [-0.2, -0.15) is 0 Å². The normalized spacial score (nSPS) is 11.0. The molecule has 3 rings (SSSR count). The maximum absolute atomic E-state index is 5.52. The zero-order valence-electron chi connectivity index (χ0n) is 14.2. The lowest BCUT2D eigenvalue weighted by Gasteiger charge is -2.12. The summed E-state index contributed by atoms with van der Waals surface area (Å²) in [6.07, 6.45) is 1.68. The molecule has 0 aliphatic carbocycles. The Kier molecular flexibility index (Phi) is 7.45. The fraction of sp³-hybridized carbons (Fsp3) is 0.222.